The molecule has 6 nitrogen and oxygen atoms in total. The molecule has 3 aromatic rings. The van der Waals surface area contributed by atoms with Gasteiger partial charge in [-0.05, 0) is 67.3 Å². The molecule has 1 spiro atoms. The van der Waals surface area contributed by atoms with Crippen molar-refractivity contribution in [2.75, 3.05) is 25.0 Å². The molecule has 0 unspecified atom stereocenters. The molecule has 144 valence electrons. The van der Waals surface area contributed by atoms with E-state index in [-0.39, 0.29) is 5.91 Å². The minimum absolute atomic E-state index is 0.0158. The number of aromatic nitrogens is 3. The molecule has 2 fully saturated rings. The van der Waals surface area contributed by atoms with Crippen LogP contribution < -0.4 is 5.32 Å². The van der Waals surface area contributed by atoms with Crippen LogP contribution in [-0.2, 0) is 11.8 Å². The number of benzene rings is 1. The van der Waals surface area contributed by atoms with Crippen molar-refractivity contribution in [3.05, 3.63) is 42.9 Å². The maximum absolute atomic E-state index is 12.5. The Bertz CT molecular complexity index is 1030. The van der Waals surface area contributed by atoms with E-state index in [1.165, 1.54) is 25.7 Å². The highest BCUT2D eigenvalue weighted by Crippen LogP contribution is 2.53. The van der Waals surface area contributed by atoms with Crippen LogP contribution in [0.25, 0.3) is 21.9 Å². The highest BCUT2D eigenvalue weighted by Gasteiger charge is 2.44. The van der Waals surface area contributed by atoms with Crippen LogP contribution in [0.3, 0.4) is 0 Å². The van der Waals surface area contributed by atoms with Gasteiger partial charge in [0.05, 0.1) is 12.7 Å². The summed E-state index contributed by atoms with van der Waals surface area (Å²) in [4.78, 5) is 19.2. The molecule has 1 amide bonds. The van der Waals surface area contributed by atoms with Gasteiger partial charge >= 0.3 is 0 Å². The Labute approximate surface area is 164 Å². The summed E-state index contributed by atoms with van der Waals surface area (Å²) >= 11 is 0. The third-order valence-electron chi connectivity index (χ3n) is 6.27. The van der Waals surface area contributed by atoms with Crippen LogP contribution in [0.1, 0.15) is 25.7 Å². The molecule has 28 heavy (non-hydrogen) atoms. The van der Waals surface area contributed by atoms with Crippen LogP contribution in [0.5, 0.6) is 0 Å². The monoisotopic (exact) mass is 375 g/mol. The van der Waals surface area contributed by atoms with Gasteiger partial charge in [0.25, 0.3) is 0 Å². The Morgan fingerprint density at radius 1 is 1.07 bits per heavy atom. The van der Waals surface area contributed by atoms with Gasteiger partial charge in [0, 0.05) is 30.4 Å². The molecule has 1 aliphatic heterocycles. The minimum atomic E-state index is 0.0158. The van der Waals surface area contributed by atoms with Gasteiger partial charge in [-0.2, -0.15) is 5.10 Å². The van der Waals surface area contributed by atoms with Crippen molar-refractivity contribution in [1.29, 1.82) is 0 Å². The second-order valence-corrected chi connectivity index (χ2v) is 8.36. The molecule has 1 saturated carbocycles. The van der Waals surface area contributed by atoms with Gasteiger partial charge in [0.2, 0.25) is 5.91 Å². The molecule has 5 rings (SSSR count). The molecule has 3 heterocycles. The summed E-state index contributed by atoms with van der Waals surface area (Å²) in [5, 5.41) is 9.32. The Kier molecular flexibility index (Phi) is 4.16. The van der Waals surface area contributed by atoms with Crippen LogP contribution >= 0.6 is 0 Å². The van der Waals surface area contributed by atoms with Crippen LogP contribution in [-0.4, -0.2) is 45.2 Å². The molecular weight excluding hydrogens is 350 g/mol. The molecule has 1 aromatic carbocycles. The highest BCUT2D eigenvalue weighted by atomic mass is 16.2. The zero-order valence-electron chi connectivity index (χ0n) is 16.2. The molecule has 0 radical (unpaired) electrons. The molecule has 1 N–H and O–H groups in total. The lowest BCUT2D eigenvalue weighted by molar-refractivity contribution is -0.117. The largest absolute Gasteiger partial charge is 0.310 e. The number of nitrogens with zero attached hydrogens (tertiary/aromatic N) is 4. The average molecular weight is 375 g/mol. The summed E-state index contributed by atoms with van der Waals surface area (Å²) in [7, 11) is 1.91. The molecule has 0 atom stereocenters. The van der Waals surface area contributed by atoms with E-state index in [1.54, 1.807) is 4.68 Å². The normalized spacial score (nSPS) is 18.5. The summed E-state index contributed by atoms with van der Waals surface area (Å²) in [5.74, 6) is 0.624. The van der Waals surface area contributed by atoms with Crippen molar-refractivity contribution in [3.8, 4) is 11.1 Å². The lowest BCUT2D eigenvalue weighted by atomic mass is 9.94. The van der Waals surface area contributed by atoms with E-state index in [2.05, 4.69) is 38.5 Å². The summed E-state index contributed by atoms with van der Waals surface area (Å²) in [6.07, 6.45) is 10.9. The zero-order chi connectivity index (χ0) is 19.1. The van der Waals surface area contributed by atoms with E-state index in [0.29, 0.717) is 17.8 Å². The topological polar surface area (TPSA) is 63.1 Å². The van der Waals surface area contributed by atoms with E-state index in [0.717, 1.165) is 35.0 Å². The van der Waals surface area contributed by atoms with Gasteiger partial charge in [-0.3, -0.25) is 14.4 Å². The second-order valence-electron chi connectivity index (χ2n) is 8.36. The number of aryl methyl sites for hydroxylation is 1. The average Bonchev–Trinajstić information content (AvgIpc) is 3.31. The van der Waals surface area contributed by atoms with Crippen molar-refractivity contribution >= 4 is 22.5 Å². The summed E-state index contributed by atoms with van der Waals surface area (Å²) in [6.45, 7) is 2.52. The molecule has 2 aromatic heterocycles. The van der Waals surface area contributed by atoms with Gasteiger partial charge in [0.15, 0.2) is 0 Å². The van der Waals surface area contributed by atoms with Crippen molar-refractivity contribution in [2.24, 2.45) is 12.5 Å². The van der Waals surface area contributed by atoms with Crippen molar-refractivity contribution in [2.45, 2.75) is 25.7 Å². The number of rotatable bonds is 4. The van der Waals surface area contributed by atoms with Gasteiger partial charge in [-0.25, -0.2) is 4.98 Å². The number of hydrogen-bond acceptors (Lipinski definition) is 4. The maximum atomic E-state index is 12.5. The first-order chi connectivity index (χ1) is 13.6. The smallest absolute Gasteiger partial charge is 0.239 e. The van der Waals surface area contributed by atoms with Crippen LogP contribution in [0.15, 0.2) is 42.9 Å². The molecule has 2 aliphatic rings. The second kappa shape index (κ2) is 6.71. The van der Waals surface area contributed by atoms with E-state index in [9.17, 15) is 4.79 Å². The molecule has 6 heteroatoms. The van der Waals surface area contributed by atoms with Gasteiger partial charge in [-0.1, -0.05) is 12.1 Å². The van der Waals surface area contributed by atoms with Crippen LogP contribution in [0.2, 0.25) is 0 Å². The summed E-state index contributed by atoms with van der Waals surface area (Å²) < 4.78 is 1.80. The van der Waals surface area contributed by atoms with Gasteiger partial charge in [0.1, 0.15) is 5.82 Å². The zero-order valence-corrected chi connectivity index (χ0v) is 16.2. The number of pyridine rings is 1. The molecular formula is C22H25N5O. The predicted molar refractivity (Wildman–Crippen MR) is 110 cm³/mol. The Hall–Kier alpha value is -2.73. The lowest BCUT2D eigenvalue weighted by Gasteiger charge is -2.31. The van der Waals surface area contributed by atoms with Crippen molar-refractivity contribution in [1.82, 2.24) is 19.7 Å². The van der Waals surface area contributed by atoms with Gasteiger partial charge in [-0.15, -0.1) is 0 Å². The van der Waals surface area contributed by atoms with E-state index in [1.807, 2.05) is 31.7 Å². The fraction of sp³-hybridized carbons (Fsp3) is 0.409. The Morgan fingerprint density at radius 2 is 1.89 bits per heavy atom. The number of nitrogens with one attached hydrogen (secondary N) is 1. The first-order valence-electron chi connectivity index (χ1n) is 10.00. The first-order valence-corrected chi connectivity index (χ1v) is 10.00. The third-order valence-corrected chi connectivity index (χ3v) is 6.27. The molecule has 1 aliphatic carbocycles. The Morgan fingerprint density at radius 3 is 2.61 bits per heavy atom. The van der Waals surface area contributed by atoms with E-state index in [4.69, 9.17) is 0 Å². The number of fused-ring (bicyclic) bond motifs is 1. The minimum Gasteiger partial charge on any atom is -0.310 e. The number of carbonyl (C=O) groups is 1. The van der Waals surface area contributed by atoms with Crippen molar-refractivity contribution < 1.29 is 4.79 Å². The maximum Gasteiger partial charge on any atom is 0.239 e. The third kappa shape index (κ3) is 3.52. The SMILES string of the molecule is Cn1cc(-c2ccc3cnc(NC(=O)CN4CCC5(CC4)CC5)cc3c2)cn1. The standard InChI is InChI=1S/C22H25N5O/c1-26-14-19(13-24-26)16-2-3-17-12-23-20(11-18(17)10-16)25-21(28)15-27-8-6-22(4-5-22)7-9-27/h2-3,10-14H,4-9,15H2,1H3,(H,23,25,28). The fourth-order valence-electron chi connectivity index (χ4n) is 4.21. The molecule has 0 bridgehead atoms. The molecule has 1 saturated heterocycles. The number of amides is 1. The first kappa shape index (κ1) is 17.4. The lowest BCUT2D eigenvalue weighted by Crippen LogP contribution is -2.39. The van der Waals surface area contributed by atoms with E-state index >= 15 is 0 Å². The Balaban J connectivity index is 1.28. The quantitative estimate of drug-likeness (QED) is 0.759. The van der Waals surface area contributed by atoms with Gasteiger partial charge < -0.3 is 5.32 Å². The number of piperidine rings is 1. The predicted octanol–water partition coefficient (Wildman–Crippen LogP) is 3.45. The number of hydrogen-bond donors (Lipinski definition) is 1. The van der Waals surface area contributed by atoms with Crippen molar-refractivity contribution in [3.63, 3.8) is 0 Å². The van der Waals surface area contributed by atoms with Crippen LogP contribution in [0.4, 0.5) is 5.82 Å². The summed E-state index contributed by atoms with van der Waals surface area (Å²) in [6, 6.07) is 8.19. The number of carbonyl (C=O) groups excluding carboxylic acids is 1. The fourth-order valence-corrected chi connectivity index (χ4v) is 4.21. The highest BCUT2D eigenvalue weighted by molar-refractivity contribution is 5.94. The number of likely N-dealkylation sites (tertiary alicyclic amines) is 1. The van der Waals surface area contributed by atoms with E-state index < -0.39 is 0 Å². The summed E-state index contributed by atoms with van der Waals surface area (Å²) in [5.41, 5.74) is 2.82. The number of anilines is 1. The van der Waals surface area contributed by atoms with Crippen LogP contribution in [0, 0.1) is 5.41 Å².